The Kier molecular flexibility index (Phi) is 4.53. The molecule has 0 atom stereocenters. The van der Waals surface area contributed by atoms with Gasteiger partial charge in [-0.3, -0.25) is 0 Å². The molecule has 0 aliphatic heterocycles. The molecule has 2 rings (SSSR count). The zero-order valence-electron chi connectivity index (χ0n) is 10.7. The molecule has 0 saturated carbocycles. The zero-order valence-corrected chi connectivity index (χ0v) is 11.5. The van der Waals surface area contributed by atoms with E-state index in [-0.39, 0.29) is 0 Å². The Balaban J connectivity index is 2.05. The van der Waals surface area contributed by atoms with Crippen LogP contribution in [0.3, 0.4) is 0 Å². The third-order valence-electron chi connectivity index (χ3n) is 2.58. The highest BCUT2D eigenvalue weighted by Gasteiger charge is 2.03. The molecule has 3 nitrogen and oxygen atoms in total. The summed E-state index contributed by atoms with van der Waals surface area (Å²) >= 11 is 5.92. The maximum Gasteiger partial charge on any atom is 0.145 e. The molecule has 0 bridgehead atoms. The number of anilines is 1. The zero-order chi connectivity index (χ0) is 13.7. The average molecular weight is 278 g/mol. The van der Waals surface area contributed by atoms with Crippen molar-refractivity contribution in [3.63, 3.8) is 0 Å². The third-order valence-corrected chi connectivity index (χ3v) is 2.81. The summed E-state index contributed by atoms with van der Waals surface area (Å²) in [4.78, 5) is 0. The minimum absolute atomic E-state index is 0.454. The van der Waals surface area contributed by atoms with Crippen LogP contribution in [0.1, 0.15) is 12.5 Å². The van der Waals surface area contributed by atoms with Crippen molar-refractivity contribution in [2.75, 3.05) is 12.3 Å². The van der Waals surface area contributed by atoms with Gasteiger partial charge in [-0.1, -0.05) is 23.7 Å². The minimum Gasteiger partial charge on any atom is -0.492 e. The van der Waals surface area contributed by atoms with E-state index in [1.165, 1.54) is 0 Å². The minimum atomic E-state index is 0.454. The first-order valence-corrected chi connectivity index (χ1v) is 6.46. The molecule has 0 unspecified atom stereocenters. The number of rotatable bonds is 5. The van der Waals surface area contributed by atoms with Crippen LogP contribution < -0.4 is 15.2 Å². The highest BCUT2D eigenvalue weighted by Crippen LogP contribution is 2.27. The van der Waals surface area contributed by atoms with E-state index in [1.807, 2.05) is 37.3 Å². The first kappa shape index (κ1) is 13.6. The van der Waals surface area contributed by atoms with Gasteiger partial charge in [0.15, 0.2) is 0 Å². The van der Waals surface area contributed by atoms with Gasteiger partial charge in [0.1, 0.15) is 18.1 Å². The summed E-state index contributed by atoms with van der Waals surface area (Å²) in [6.45, 7) is 2.94. The van der Waals surface area contributed by atoms with Crippen LogP contribution >= 0.6 is 11.6 Å². The molecular weight excluding hydrogens is 262 g/mol. The molecular formula is C15H16ClNO2. The van der Waals surface area contributed by atoms with E-state index in [0.717, 1.165) is 11.3 Å². The highest BCUT2D eigenvalue weighted by atomic mass is 35.5. The fourth-order valence-electron chi connectivity index (χ4n) is 1.68. The van der Waals surface area contributed by atoms with Gasteiger partial charge in [0.25, 0.3) is 0 Å². The standard InChI is InChI=1S/C15H16ClNO2/c1-2-18-15-9-13(6-7-14(15)17)19-10-11-4-3-5-12(16)8-11/h3-9H,2,10,17H2,1H3. The van der Waals surface area contributed by atoms with Crippen molar-refractivity contribution < 1.29 is 9.47 Å². The van der Waals surface area contributed by atoms with Gasteiger partial charge in [-0.15, -0.1) is 0 Å². The molecule has 0 saturated heterocycles. The number of halogens is 1. The number of ether oxygens (including phenoxy) is 2. The molecule has 2 N–H and O–H groups in total. The Hall–Kier alpha value is -1.87. The van der Waals surface area contributed by atoms with Gasteiger partial charge in [0.05, 0.1) is 12.3 Å². The number of benzene rings is 2. The summed E-state index contributed by atoms with van der Waals surface area (Å²) in [6, 6.07) is 13.0. The molecule has 100 valence electrons. The van der Waals surface area contributed by atoms with Gasteiger partial charge in [-0.05, 0) is 36.8 Å². The SMILES string of the molecule is CCOc1cc(OCc2cccc(Cl)c2)ccc1N. The van der Waals surface area contributed by atoms with Gasteiger partial charge in [-0.2, -0.15) is 0 Å². The average Bonchev–Trinajstić information content (AvgIpc) is 2.40. The normalized spacial score (nSPS) is 10.2. The molecule has 0 aromatic heterocycles. The Morgan fingerprint density at radius 1 is 1.11 bits per heavy atom. The lowest BCUT2D eigenvalue weighted by atomic mass is 10.2. The van der Waals surface area contributed by atoms with Crippen LogP contribution in [0.25, 0.3) is 0 Å². The maximum atomic E-state index is 5.92. The Bertz CT molecular complexity index is 558. The Morgan fingerprint density at radius 2 is 1.95 bits per heavy atom. The molecule has 0 radical (unpaired) electrons. The molecule has 0 aliphatic rings. The number of nitrogen functional groups attached to an aromatic ring is 1. The summed E-state index contributed by atoms with van der Waals surface area (Å²) < 4.78 is 11.1. The van der Waals surface area contributed by atoms with E-state index in [2.05, 4.69) is 0 Å². The molecule has 2 aromatic carbocycles. The topological polar surface area (TPSA) is 44.5 Å². The van der Waals surface area contributed by atoms with Crippen LogP contribution in [-0.2, 0) is 6.61 Å². The first-order chi connectivity index (χ1) is 9.19. The van der Waals surface area contributed by atoms with Gasteiger partial charge in [-0.25, -0.2) is 0 Å². The summed E-state index contributed by atoms with van der Waals surface area (Å²) in [6.07, 6.45) is 0. The van der Waals surface area contributed by atoms with E-state index >= 15 is 0 Å². The van der Waals surface area contributed by atoms with Gasteiger partial charge < -0.3 is 15.2 Å². The Morgan fingerprint density at radius 3 is 2.68 bits per heavy atom. The summed E-state index contributed by atoms with van der Waals surface area (Å²) in [5.74, 6) is 1.36. The van der Waals surface area contributed by atoms with Crippen LogP contribution in [0, 0.1) is 0 Å². The van der Waals surface area contributed by atoms with Crippen molar-refractivity contribution in [1.29, 1.82) is 0 Å². The van der Waals surface area contributed by atoms with Crippen molar-refractivity contribution >= 4 is 17.3 Å². The fraction of sp³-hybridized carbons (Fsp3) is 0.200. The second-order valence-electron chi connectivity index (χ2n) is 4.05. The summed E-state index contributed by atoms with van der Waals surface area (Å²) in [5.41, 5.74) is 7.43. The number of hydrogen-bond acceptors (Lipinski definition) is 3. The van der Waals surface area contributed by atoms with Crippen LogP contribution in [0.2, 0.25) is 5.02 Å². The fourth-order valence-corrected chi connectivity index (χ4v) is 1.89. The van der Waals surface area contributed by atoms with E-state index in [0.29, 0.717) is 29.7 Å². The maximum absolute atomic E-state index is 5.92. The van der Waals surface area contributed by atoms with Crippen molar-refractivity contribution in [2.45, 2.75) is 13.5 Å². The molecule has 19 heavy (non-hydrogen) atoms. The Labute approximate surface area is 117 Å². The van der Waals surface area contributed by atoms with Gasteiger partial charge in [0.2, 0.25) is 0 Å². The van der Waals surface area contributed by atoms with E-state index in [9.17, 15) is 0 Å². The quantitative estimate of drug-likeness (QED) is 0.843. The van der Waals surface area contributed by atoms with Crippen LogP contribution in [0.5, 0.6) is 11.5 Å². The van der Waals surface area contributed by atoms with Crippen LogP contribution in [-0.4, -0.2) is 6.61 Å². The number of hydrogen-bond donors (Lipinski definition) is 1. The molecule has 0 spiro atoms. The second-order valence-corrected chi connectivity index (χ2v) is 4.49. The monoisotopic (exact) mass is 277 g/mol. The van der Waals surface area contributed by atoms with Crippen molar-refractivity contribution in [3.8, 4) is 11.5 Å². The van der Waals surface area contributed by atoms with Gasteiger partial charge >= 0.3 is 0 Å². The third kappa shape index (κ3) is 3.80. The summed E-state index contributed by atoms with van der Waals surface area (Å²) in [7, 11) is 0. The van der Waals surface area contributed by atoms with Crippen molar-refractivity contribution in [3.05, 3.63) is 53.1 Å². The molecule has 0 amide bonds. The molecule has 4 heteroatoms. The molecule has 0 aliphatic carbocycles. The number of nitrogens with two attached hydrogens (primary N) is 1. The molecule has 0 fully saturated rings. The lowest BCUT2D eigenvalue weighted by Crippen LogP contribution is -1.99. The van der Waals surface area contributed by atoms with E-state index < -0.39 is 0 Å². The van der Waals surface area contributed by atoms with Crippen molar-refractivity contribution in [1.82, 2.24) is 0 Å². The van der Waals surface area contributed by atoms with E-state index in [4.69, 9.17) is 26.8 Å². The largest absolute Gasteiger partial charge is 0.492 e. The van der Waals surface area contributed by atoms with Crippen molar-refractivity contribution in [2.24, 2.45) is 0 Å². The van der Waals surface area contributed by atoms with Crippen LogP contribution in [0.4, 0.5) is 5.69 Å². The smallest absolute Gasteiger partial charge is 0.145 e. The van der Waals surface area contributed by atoms with E-state index in [1.54, 1.807) is 12.1 Å². The lowest BCUT2D eigenvalue weighted by molar-refractivity contribution is 0.300. The predicted octanol–water partition coefficient (Wildman–Crippen LogP) is 3.90. The van der Waals surface area contributed by atoms with Crippen LogP contribution in [0.15, 0.2) is 42.5 Å². The highest BCUT2D eigenvalue weighted by molar-refractivity contribution is 6.30. The first-order valence-electron chi connectivity index (χ1n) is 6.08. The molecule has 2 aromatic rings. The summed E-state index contributed by atoms with van der Waals surface area (Å²) in [5, 5.41) is 0.702. The molecule has 0 heterocycles. The predicted molar refractivity (Wildman–Crippen MR) is 77.8 cm³/mol. The lowest BCUT2D eigenvalue weighted by Gasteiger charge is -2.10. The second kappa shape index (κ2) is 6.34. The van der Waals surface area contributed by atoms with Gasteiger partial charge in [0, 0.05) is 11.1 Å².